The van der Waals surface area contributed by atoms with Crippen molar-refractivity contribution < 1.29 is 22.6 Å². The number of fused-ring (bicyclic) bond motifs is 1. The Morgan fingerprint density at radius 1 is 1.00 bits per heavy atom. The van der Waals surface area contributed by atoms with Gasteiger partial charge in [-0.1, -0.05) is 23.4 Å². The average Bonchev–Trinajstić information content (AvgIpc) is 3.59. The van der Waals surface area contributed by atoms with E-state index in [0.29, 0.717) is 35.2 Å². The van der Waals surface area contributed by atoms with Crippen molar-refractivity contribution in [3.63, 3.8) is 0 Å². The number of nitrogens with zero attached hydrogens (tertiary/aromatic N) is 5. The van der Waals surface area contributed by atoms with Gasteiger partial charge in [0.25, 0.3) is 5.56 Å². The van der Waals surface area contributed by atoms with E-state index in [2.05, 4.69) is 25.0 Å². The van der Waals surface area contributed by atoms with Crippen LogP contribution in [0, 0.1) is 5.41 Å². The summed E-state index contributed by atoms with van der Waals surface area (Å²) < 4.78 is 48.1. The largest absolute Gasteiger partial charge is 0.573 e. The van der Waals surface area contributed by atoms with Gasteiger partial charge >= 0.3 is 12.4 Å². The summed E-state index contributed by atoms with van der Waals surface area (Å²) in [6.07, 6.45) is 0.175. The number of hydrogen-bond acceptors (Lipinski definition) is 7. The monoisotopic (exact) mass is 469 g/mol. The number of alkyl halides is 3. The van der Waals surface area contributed by atoms with Crippen LogP contribution < -0.4 is 15.0 Å². The molecule has 2 aromatic heterocycles. The molecule has 0 spiro atoms. The van der Waals surface area contributed by atoms with Crippen LogP contribution in [0.15, 0.2) is 65.7 Å². The van der Waals surface area contributed by atoms with Crippen molar-refractivity contribution in [2.24, 2.45) is 5.41 Å². The molecule has 1 fully saturated rings. The van der Waals surface area contributed by atoms with Gasteiger partial charge in [0.1, 0.15) is 11.3 Å². The third kappa shape index (κ3) is 4.82. The summed E-state index contributed by atoms with van der Waals surface area (Å²) in [5, 5.41) is 8.61. The van der Waals surface area contributed by atoms with Gasteiger partial charge in [0.05, 0.1) is 18.5 Å². The second-order valence-corrected chi connectivity index (χ2v) is 8.18. The maximum Gasteiger partial charge on any atom is 0.573 e. The Hall–Kier alpha value is -4.02. The van der Waals surface area contributed by atoms with Gasteiger partial charge in [-0.05, 0) is 54.3 Å². The smallest absolute Gasteiger partial charge is 0.463 e. The van der Waals surface area contributed by atoms with Gasteiger partial charge in [0.15, 0.2) is 0 Å². The molecular weight excluding hydrogens is 451 g/mol. The molecule has 5 rings (SSSR count). The number of ether oxygens (including phenoxy) is 2. The normalized spacial score (nSPS) is 14.7. The highest BCUT2D eigenvalue weighted by atomic mass is 19.4. The molecule has 34 heavy (non-hydrogen) atoms. The molecule has 2 aromatic carbocycles. The highest BCUT2D eigenvalue weighted by Crippen LogP contribution is 2.46. The topological polar surface area (TPSA) is 92.0 Å². The Kier molecular flexibility index (Phi) is 5.39. The van der Waals surface area contributed by atoms with E-state index in [0.717, 1.165) is 12.8 Å². The van der Waals surface area contributed by atoms with Crippen LogP contribution in [0.2, 0.25) is 0 Å². The molecule has 0 bridgehead atoms. The Morgan fingerprint density at radius 3 is 2.38 bits per heavy atom. The Labute approximate surface area is 191 Å². The summed E-state index contributed by atoms with van der Waals surface area (Å²) in [6.45, 7) is 0.699. The van der Waals surface area contributed by atoms with Crippen molar-refractivity contribution in [1.29, 1.82) is 0 Å². The molecule has 1 aliphatic rings. The molecule has 1 aliphatic carbocycles. The van der Waals surface area contributed by atoms with Gasteiger partial charge in [0, 0.05) is 17.8 Å². The minimum absolute atomic E-state index is 0.239. The molecule has 0 radical (unpaired) electrons. The third-order valence-electron chi connectivity index (χ3n) is 5.63. The van der Waals surface area contributed by atoms with Crippen molar-refractivity contribution >= 4 is 10.9 Å². The van der Waals surface area contributed by atoms with Gasteiger partial charge in [0.2, 0.25) is 0 Å². The molecule has 0 saturated heterocycles. The summed E-state index contributed by atoms with van der Waals surface area (Å²) in [5.41, 5.74) is 1.19. The van der Waals surface area contributed by atoms with Crippen LogP contribution in [-0.2, 0) is 6.54 Å². The van der Waals surface area contributed by atoms with Crippen LogP contribution in [0.4, 0.5) is 13.2 Å². The molecule has 11 heteroatoms. The summed E-state index contributed by atoms with van der Waals surface area (Å²) >= 11 is 0. The van der Waals surface area contributed by atoms with E-state index in [4.69, 9.17) is 4.74 Å². The standard InChI is InChI=1S/C23H18F3N5O3/c24-23(25,26)34-17-5-2-15(3-6-17)16-4-7-19-18(12-16)20(32)31(30-29-19)13-22(8-9-22)14-33-21-27-10-1-11-28-21/h1-7,10-12H,8-9,13-14H2. The molecule has 0 unspecified atom stereocenters. The quantitative estimate of drug-likeness (QED) is 0.404. The second-order valence-electron chi connectivity index (χ2n) is 8.18. The van der Waals surface area contributed by atoms with Crippen LogP contribution in [0.3, 0.4) is 0 Å². The lowest BCUT2D eigenvalue weighted by molar-refractivity contribution is -0.274. The molecular formula is C23H18F3N5O3. The minimum Gasteiger partial charge on any atom is -0.463 e. The van der Waals surface area contributed by atoms with E-state index in [1.807, 2.05) is 0 Å². The highest BCUT2D eigenvalue weighted by Gasteiger charge is 2.45. The zero-order valence-electron chi connectivity index (χ0n) is 17.7. The van der Waals surface area contributed by atoms with Crippen molar-refractivity contribution in [1.82, 2.24) is 25.0 Å². The number of benzene rings is 2. The van der Waals surface area contributed by atoms with Crippen molar-refractivity contribution in [3.05, 3.63) is 71.3 Å². The third-order valence-corrected chi connectivity index (χ3v) is 5.63. The molecule has 0 atom stereocenters. The molecule has 2 heterocycles. The van der Waals surface area contributed by atoms with Crippen LogP contribution in [0.25, 0.3) is 22.0 Å². The van der Waals surface area contributed by atoms with E-state index in [1.165, 1.54) is 28.9 Å². The SMILES string of the molecule is O=c1c2cc(-c3ccc(OC(F)(F)F)cc3)ccc2nnn1CC1(COc2ncccn2)CC1. The van der Waals surface area contributed by atoms with Gasteiger partial charge in [-0.15, -0.1) is 18.3 Å². The fourth-order valence-electron chi connectivity index (χ4n) is 3.63. The zero-order valence-corrected chi connectivity index (χ0v) is 17.7. The second kappa shape index (κ2) is 8.40. The fourth-order valence-corrected chi connectivity index (χ4v) is 3.63. The minimum atomic E-state index is -4.76. The van der Waals surface area contributed by atoms with E-state index in [1.54, 1.807) is 36.7 Å². The van der Waals surface area contributed by atoms with Gasteiger partial charge in [-0.2, -0.15) is 0 Å². The van der Waals surface area contributed by atoms with E-state index in [9.17, 15) is 18.0 Å². The van der Waals surface area contributed by atoms with Crippen LogP contribution in [-0.4, -0.2) is 37.9 Å². The Bertz CT molecular complexity index is 1370. The molecule has 174 valence electrons. The van der Waals surface area contributed by atoms with Crippen LogP contribution >= 0.6 is 0 Å². The predicted octanol–water partition coefficient (Wildman–Crippen LogP) is 4.01. The number of hydrogen-bond donors (Lipinski definition) is 0. The van der Waals surface area contributed by atoms with Crippen LogP contribution in [0.5, 0.6) is 11.8 Å². The lowest BCUT2D eigenvalue weighted by Gasteiger charge is -2.16. The van der Waals surface area contributed by atoms with E-state index < -0.39 is 6.36 Å². The summed E-state index contributed by atoms with van der Waals surface area (Å²) in [6, 6.07) is 12.5. The zero-order chi connectivity index (χ0) is 23.8. The summed E-state index contributed by atoms with van der Waals surface area (Å²) in [4.78, 5) is 21.2. The molecule has 0 aliphatic heterocycles. The van der Waals surface area contributed by atoms with Crippen LogP contribution in [0.1, 0.15) is 12.8 Å². The van der Waals surface area contributed by atoms with Gasteiger partial charge in [-0.25, -0.2) is 14.6 Å². The Morgan fingerprint density at radius 2 is 1.71 bits per heavy atom. The predicted molar refractivity (Wildman–Crippen MR) is 115 cm³/mol. The number of aromatic nitrogens is 5. The maximum absolute atomic E-state index is 13.2. The van der Waals surface area contributed by atoms with Crippen molar-refractivity contribution in [2.75, 3.05) is 6.61 Å². The fraction of sp³-hybridized carbons (Fsp3) is 0.261. The van der Waals surface area contributed by atoms with E-state index in [-0.39, 0.29) is 22.7 Å². The molecule has 0 amide bonds. The molecule has 1 saturated carbocycles. The molecule has 0 N–H and O–H groups in total. The van der Waals surface area contributed by atoms with E-state index >= 15 is 0 Å². The summed E-state index contributed by atoms with van der Waals surface area (Å²) in [7, 11) is 0. The molecule has 8 nitrogen and oxygen atoms in total. The maximum atomic E-state index is 13.2. The van der Waals surface area contributed by atoms with Crippen molar-refractivity contribution in [2.45, 2.75) is 25.7 Å². The number of halogens is 3. The van der Waals surface area contributed by atoms with Crippen molar-refractivity contribution in [3.8, 4) is 22.9 Å². The van der Waals surface area contributed by atoms with Gasteiger partial charge < -0.3 is 9.47 Å². The average molecular weight is 469 g/mol. The highest BCUT2D eigenvalue weighted by molar-refractivity contribution is 5.83. The first-order chi connectivity index (χ1) is 16.3. The lowest BCUT2D eigenvalue weighted by atomic mass is 10.0. The Balaban J connectivity index is 1.37. The first kappa shape index (κ1) is 21.8. The van der Waals surface area contributed by atoms with Gasteiger partial charge in [-0.3, -0.25) is 4.79 Å². The lowest BCUT2D eigenvalue weighted by Crippen LogP contribution is -2.31. The first-order valence-corrected chi connectivity index (χ1v) is 10.4. The molecule has 4 aromatic rings. The number of rotatable bonds is 7. The summed E-state index contributed by atoms with van der Waals surface area (Å²) in [5.74, 6) is -0.317. The first-order valence-electron chi connectivity index (χ1n) is 10.4.